The van der Waals surface area contributed by atoms with Crippen LogP contribution in [-0.4, -0.2) is 69.2 Å². The van der Waals surface area contributed by atoms with Gasteiger partial charge in [-0.05, 0) is 26.2 Å². The average molecular weight is 467 g/mol. The van der Waals surface area contributed by atoms with Gasteiger partial charge in [-0.1, -0.05) is 0 Å². The van der Waals surface area contributed by atoms with Gasteiger partial charge in [0.2, 0.25) is 5.91 Å². The Bertz CT molecular complexity index is 862. The van der Waals surface area contributed by atoms with Crippen molar-refractivity contribution in [2.24, 2.45) is 0 Å². The van der Waals surface area contributed by atoms with Crippen molar-refractivity contribution in [3.63, 3.8) is 0 Å². The summed E-state index contributed by atoms with van der Waals surface area (Å²) in [5, 5.41) is -0.154. The van der Waals surface area contributed by atoms with Crippen molar-refractivity contribution in [1.82, 2.24) is 9.80 Å². The van der Waals surface area contributed by atoms with E-state index >= 15 is 0 Å². The maximum Gasteiger partial charge on any atom is 0.233 e. The molecule has 1 saturated heterocycles. The van der Waals surface area contributed by atoms with Crippen molar-refractivity contribution in [3.8, 4) is 17.2 Å². The number of methoxy groups -OCH3 is 3. The zero-order valence-electron chi connectivity index (χ0n) is 18.7. The van der Waals surface area contributed by atoms with Crippen molar-refractivity contribution in [2.45, 2.75) is 17.7 Å². The molecule has 1 aliphatic heterocycles. The lowest BCUT2D eigenvalue weighted by molar-refractivity contribution is -0.127. The number of amides is 1. The highest BCUT2D eigenvalue weighted by atomic mass is 32.2. The van der Waals surface area contributed by atoms with Gasteiger partial charge in [0.1, 0.15) is 34.1 Å². The summed E-state index contributed by atoms with van der Waals surface area (Å²) >= 11 is 3.35. The van der Waals surface area contributed by atoms with E-state index in [2.05, 4.69) is 4.90 Å². The Kier molecular flexibility index (Phi) is 8.45. The molecule has 9 heteroatoms. The Balaban J connectivity index is 1.65. The van der Waals surface area contributed by atoms with E-state index in [0.717, 1.165) is 35.1 Å². The maximum absolute atomic E-state index is 12.6. The molecular formula is C22H30N2O5S2. The second-order valence-electron chi connectivity index (χ2n) is 7.35. The van der Waals surface area contributed by atoms with Gasteiger partial charge in [0.15, 0.2) is 0 Å². The van der Waals surface area contributed by atoms with Gasteiger partial charge in [0.05, 0.1) is 44.9 Å². The Morgan fingerprint density at radius 1 is 1.13 bits per heavy atom. The monoisotopic (exact) mass is 466 g/mol. The van der Waals surface area contributed by atoms with Gasteiger partial charge in [-0.3, -0.25) is 4.79 Å². The number of thioether (sulfide) groups is 2. The third kappa shape index (κ3) is 5.84. The fourth-order valence-electron chi connectivity index (χ4n) is 3.44. The fourth-order valence-corrected chi connectivity index (χ4v) is 5.54. The third-order valence-electron chi connectivity index (χ3n) is 4.88. The Labute approximate surface area is 192 Å². The highest BCUT2D eigenvalue weighted by Crippen LogP contribution is 2.48. The highest BCUT2D eigenvalue weighted by molar-refractivity contribution is 8.00. The minimum atomic E-state index is -0.154. The van der Waals surface area contributed by atoms with Gasteiger partial charge < -0.3 is 28.4 Å². The second kappa shape index (κ2) is 11.1. The number of nitrogens with zero attached hydrogens (tertiary/aromatic N) is 2. The standard InChI is InChI=1S/C22H30N2O5S2/c1-23(2)12-15-6-7-16(29-15)13-30-9-8-24-20(25)14-31-22(24)21-18(27-4)10-17(26-3)11-19(21)28-5/h6-7,10-11,22H,8-9,12-14H2,1-5H3. The fraction of sp³-hybridized carbons (Fsp3) is 0.500. The summed E-state index contributed by atoms with van der Waals surface area (Å²) in [7, 11) is 8.88. The molecule has 0 spiro atoms. The highest BCUT2D eigenvalue weighted by Gasteiger charge is 2.36. The smallest absolute Gasteiger partial charge is 0.233 e. The van der Waals surface area contributed by atoms with Crippen LogP contribution in [0, 0.1) is 0 Å². The molecule has 3 rings (SSSR count). The second-order valence-corrected chi connectivity index (χ2v) is 9.53. The van der Waals surface area contributed by atoms with Gasteiger partial charge in [0, 0.05) is 24.4 Å². The normalized spacial score (nSPS) is 16.3. The number of carbonyl (C=O) groups is 1. The Morgan fingerprint density at radius 2 is 1.81 bits per heavy atom. The van der Waals surface area contributed by atoms with Crippen molar-refractivity contribution in [3.05, 3.63) is 41.3 Å². The van der Waals surface area contributed by atoms with Crippen LogP contribution in [-0.2, 0) is 17.1 Å². The number of rotatable bonds is 11. The minimum absolute atomic E-state index is 0.127. The van der Waals surface area contributed by atoms with Crippen LogP contribution in [0.25, 0.3) is 0 Å². The van der Waals surface area contributed by atoms with Crippen LogP contribution < -0.4 is 14.2 Å². The van der Waals surface area contributed by atoms with E-state index < -0.39 is 0 Å². The molecule has 0 aliphatic carbocycles. The first-order valence-corrected chi connectivity index (χ1v) is 12.2. The number of furan rings is 1. The van der Waals surface area contributed by atoms with Crippen LogP contribution in [0.4, 0.5) is 0 Å². The summed E-state index contributed by atoms with van der Waals surface area (Å²) in [4.78, 5) is 16.6. The largest absolute Gasteiger partial charge is 0.496 e. The molecule has 0 N–H and O–H groups in total. The predicted molar refractivity (Wildman–Crippen MR) is 125 cm³/mol. The van der Waals surface area contributed by atoms with E-state index in [-0.39, 0.29) is 11.3 Å². The molecular weight excluding hydrogens is 436 g/mol. The first kappa shape index (κ1) is 23.7. The molecule has 1 fully saturated rings. The molecule has 2 aromatic rings. The molecule has 1 aromatic carbocycles. The van der Waals surface area contributed by atoms with Crippen molar-refractivity contribution >= 4 is 29.4 Å². The molecule has 0 bridgehead atoms. The minimum Gasteiger partial charge on any atom is -0.496 e. The van der Waals surface area contributed by atoms with Gasteiger partial charge in [-0.25, -0.2) is 0 Å². The molecule has 1 atom stereocenters. The van der Waals surface area contributed by atoms with E-state index in [1.807, 2.05) is 43.3 Å². The van der Waals surface area contributed by atoms with Crippen LogP contribution in [0.5, 0.6) is 17.2 Å². The van der Waals surface area contributed by atoms with Gasteiger partial charge in [-0.2, -0.15) is 11.8 Å². The topological polar surface area (TPSA) is 64.4 Å². The molecule has 0 radical (unpaired) electrons. The number of carbonyl (C=O) groups excluding carboxylic acids is 1. The van der Waals surface area contributed by atoms with Crippen molar-refractivity contribution < 1.29 is 23.4 Å². The number of hydrogen-bond donors (Lipinski definition) is 0. The Hall–Kier alpha value is -1.97. The molecule has 31 heavy (non-hydrogen) atoms. The van der Waals surface area contributed by atoms with Crippen LogP contribution in [0.15, 0.2) is 28.7 Å². The van der Waals surface area contributed by atoms with E-state index in [4.69, 9.17) is 18.6 Å². The summed E-state index contributed by atoms with van der Waals surface area (Å²) in [5.41, 5.74) is 0.867. The molecule has 170 valence electrons. The zero-order valence-corrected chi connectivity index (χ0v) is 20.3. The summed E-state index contributed by atoms with van der Waals surface area (Å²) in [6, 6.07) is 7.71. The molecule has 1 unspecified atom stereocenters. The lowest BCUT2D eigenvalue weighted by Crippen LogP contribution is -2.30. The molecule has 7 nitrogen and oxygen atoms in total. The summed E-state index contributed by atoms with van der Waals surface area (Å²) in [6.45, 7) is 1.43. The summed E-state index contributed by atoms with van der Waals surface area (Å²) in [6.07, 6.45) is 0. The zero-order chi connectivity index (χ0) is 22.4. The quantitative estimate of drug-likeness (QED) is 0.463. The van der Waals surface area contributed by atoms with E-state index in [1.165, 1.54) is 0 Å². The lowest BCUT2D eigenvalue weighted by Gasteiger charge is -2.27. The first-order chi connectivity index (χ1) is 15.0. The maximum atomic E-state index is 12.6. The van der Waals surface area contributed by atoms with Crippen LogP contribution in [0.1, 0.15) is 22.5 Å². The lowest BCUT2D eigenvalue weighted by atomic mass is 10.1. The molecule has 0 saturated carbocycles. The van der Waals surface area contributed by atoms with Gasteiger partial charge in [0.25, 0.3) is 0 Å². The Morgan fingerprint density at radius 3 is 2.42 bits per heavy atom. The first-order valence-electron chi connectivity index (χ1n) is 9.97. The average Bonchev–Trinajstić information content (AvgIpc) is 3.35. The number of benzene rings is 1. The van der Waals surface area contributed by atoms with Gasteiger partial charge >= 0.3 is 0 Å². The van der Waals surface area contributed by atoms with Crippen molar-refractivity contribution in [1.29, 1.82) is 0 Å². The molecule has 1 aromatic heterocycles. The predicted octanol–water partition coefficient (Wildman–Crippen LogP) is 3.87. The summed E-state index contributed by atoms with van der Waals surface area (Å²) in [5.74, 6) is 6.05. The van der Waals surface area contributed by atoms with Gasteiger partial charge in [-0.15, -0.1) is 11.8 Å². The summed E-state index contributed by atoms with van der Waals surface area (Å²) < 4.78 is 22.4. The van der Waals surface area contributed by atoms with E-state index in [9.17, 15) is 4.79 Å². The third-order valence-corrected chi connectivity index (χ3v) is 7.06. The van der Waals surface area contributed by atoms with E-state index in [0.29, 0.717) is 29.5 Å². The molecule has 2 heterocycles. The van der Waals surface area contributed by atoms with Crippen LogP contribution in [0.2, 0.25) is 0 Å². The SMILES string of the molecule is COc1cc(OC)c(C2SCC(=O)N2CCSCc2ccc(CN(C)C)o2)c(OC)c1. The van der Waals surface area contributed by atoms with Crippen LogP contribution in [0.3, 0.4) is 0 Å². The van der Waals surface area contributed by atoms with E-state index in [1.54, 1.807) is 44.9 Å². The van der Waals surface area contributed by atoms with Crippen molar-refractivity contribution in [2.75, 3.05) is 53.5 Å². The molecule has 1 amide bonds. The number of hydrogen-bond acceptors (Lipinski definition) is 8. The number of ether oxygens (including phenoxy) is 3. The van der Waals surface area contributed by atoms with Crippen LogP contribution >= 0.6 is 23.5 Å². The molecule has 1 aliphatic rings.